The van der Waals surface area contributed by atoms with Crippen LogP contribution in [0, 0.1) is 5.92 Å². The Kier molecular flexibility index (Phi) is 6.89. The van der Waals surface area contributed by atoms with Gasteiger partial charge in [-0.15, -0.1) is 0 Å². The zero-order chi connectivity index (χ0) is 24.4. The van der Waals surface area contributed by atoms with E-state index in [1.165, 1.54) is 5.56 Å². The number of carbonyl (C=O) groups is 1. The van der Waals surface area contributed by atoms with Crippen molar-refractivity contribution in [3.05, 3.63) is 83.6 Å². The molecule has 35 heavy (non-hydrogen) atoms. The maximum absolute atomic E-state index is 12.5. The van der Waals surface area contributed by atoms with Gasteiger partial charge in [0.2, 0.25) is 5.91 Å². The second-order valence-corrected chi connectivity index (χ2v) is 10.1. The molecule has 5 rings (SSSR count). The normalized spacial score (nSPS) is 14.7. The van der Waals surface area contributed by atoms with Gasteiger partial charge in [-0.1, -0.05) is 67.9 Å². The van der Waals surface area contributed by atoms with Gasteiger partial charge < -0.3 is 9.30 Å². The fraction of sp³-hybridized carbons (Fsp3) is 0.310. The molecular formula is C29H31ClN4O. The van der Waals surface area contributed by atoms with Crippen LogP contribution in [0.5, 0.6) is 0 Å². The van der Waals surface area contributed by atoms with E-state index in [4.69, 9.17) is 16.6 Å². The number of fused-ring (bicyclic) bond motifs is 1. The highest BCUT2D eigenvalue weighted by molar-refractivity contribution is 6.30. The Balaban J connectivity index is 1.47. The number of hydrogen-bond acceptors (Lipinski definition) is 3. The first-order chi connectivity index (χ1) is 17.0. The Morgan fingerprint density at radius 3 is 2.26 bits per heavy atom. The van der Waals surface area contributed by atoms with Crippen LogP contribution < -0.4 is 0 Å². The molecule has 180 valence electrons. The van der Waals surface area contributed by atoms with Gasteiger partial charge in [0.25, 0.3) is 0 Å². The van der Waals surface area contributed by atoms with E-state index in [0.717, 1.165) is 60.9 Å². The molecule has 2 aromatic carbocycles. The largest absolute Gasteiger partial charge is 0.340 e. The van der Waals surface area contributed by atoms with Crippen LogP contribution in [0.15, 0.2) is 72.9 Å². The second-order valence-electron chi connectivity index (χ2n) is 9.68. The van der Waals surface area contributed by atoms with E-state index in [-0.39, 0.29) is 5.91 Å². The molecule has 1 fully saturated rings. The van der Waals surface area contributed by atoms with Crippen molar-refractivity contribution in [1.82, 2.24) is 19.2 Å². The van der Waals surface area contributed by atoms with E-state index < -0.39 is 0 Å². The molecule has 6 heteroatoms. The van der Waals surface area contributed by atoms with Crippen molar-refractivity contribution in [2.75, 3.05) is 26.2 Å². The lowest BCUT2D eigenvalue weighted by molar-refractivity contribution is -0.133. The number of carbonyl (C=O) groups excluding carboxylic acids is 1. The molecule has 0 unspecified atom stereocenters. The average Bonchev–Trinajstić information content (AvgIpc) is 3.22. The maximum atomic E-state index is 12.5. The molecule has 4 aromatic rings. The van der Waals surface area contributed by atoms with Gasteiger partial charge in [-0.2, -0.15) is 0 Å². The molecule has 0 N–H and O–H groups in total. The predicted molar refractivity (Wildman–Crippen MR) is 142 cm³/mol. The molecule has 0 spiro atoms. The summed E-state index contributed by atoms with van der Waals surface area (Å²) in [4.78, 5) is 22.0. The summed E-state index contributed by atoms with van der Waals surface area (Å²) < 4.78 is 2.22. The highest BCUT2D eigenvalue weighted by Gasteiger charge is 2.24. The van der Waals surface area contributed by atoms with Crippen LogP contribution in [0.25, 0.3) is 28.0 Å². The van der Waals surface area contributed by atoms with Gasteiger partial charge in [0.1, 0.15) is 5.65 Å². The number of halogens is 1. The third-order valence-electron chi connectivity index (χ3n) is 6.62. The number of piperazine rings is 1. The molecule has 1 aliphatic heterocycles. The van der Waals surface area contributed by atoms with Crippen molar-refractivity contribution < 1.29 is 4.79 Å². The van der Waals surface area contributed by atoms with Gasteiger partial charge in [0.15, 0.2) is 0 Å². The van der Waals surface area contributed by atoms with Crippen molar-refractivity contribution in [3.63, 3.8) is 0 Å². The Labute approximate surface area is 212 Å². The summed E-state index contributed by atoms with van der Waals surface area (Å²) in [5, 5.41) is 0.715. The number of imidazole rings is 1. The summed E-state index contributed by atoms with van der Waals surface area (Å²) in [5.41, 5.74) is 6.45. The topological polar surface area (TPSA) is 40.9 Å². The number of aromatic nitrogens is 2. The Morgan fingerprint density at radius 1 is 0.886 bits per heavy atom. The van der Waals surface area contributed by atoms with Gasteiger partial charge in [-0.05, 0) is 41.3 Å². The first kappa shape index (κ1) is 23.6. The fourth-order valence-corrected chi connectivity index (χ4v) is 4.86. The zero-order valence-electron chi connectivity index (χ0n) is 20.3. The number of pyridine rings is 1. The maximum Gasteiger partial charge on any atom is 0.222 e. The quantitative estimate of drug-likeness (QED) is 0.335. The molecule has 0 radical (unpaired) electrons. The van der Waals surface area contributed by atoms with Gasteiger partial charge in [0, 0.05) is 55.9 Å². The lowest BCUT2D eigenvalue weighted by Crippen LogP contribution is -2.48. The SMILES string of the molecule is CC(C)CC(=O)N1CCN(Cc2c(-c3ccc(Cl)cc3)nc3ccc(-c4ccccc4)cn23)CC1. The lowest BCUT2D eigenvalue weighted by Gasteiger charge is -2.35. The predicted octanol–water partition coefficient (Wildman–Crippen LogP) is 6.01. The molecule has 1 aliphatic rings. The summed E-state index contributed by atoms with van der Waals surface area (Å²) in [6.45, 7) is 8.22. The van der Waals surface area contributed by atoms with E-state index in [2.05, 4.69) is 65.7 Å². The van der Waals surface area contributed by atoms with Crippen LogP contribution in [0.1, 0.15) is 26.0 Å². The number of amides is 1. The lowest BCUT2D eigenvalue weighted by atomic mass is 10.1. The molecule has 3 heterocycles. The number of hydrogen-bond donors (Lipinski definition) is 0. The van der Waals surface area contributed by atoms with Crippen LogP contribution in [0.4, 0.5) is 0 Å². The third-order valence-corrected chi connectivity index (χ3v) is 6.88. The highest BCUT2D eigenvalue weighted by atomic mass is 35.5. The van der Waals surface area contributed by atoms with Crippen molar-refractivity contribution >= 4 is 23.2 Å². The Hall–Kier alpha value is -3.15. The smallest absolute Gasteiger partial charge is 0.222 e. The first-order valence-corrected chi connectivity index (χ1v) is 12.7. The summed E-state index contributed by atoms with van der Waals surface area (Å²) >= 11 is 6.17. The fourth-order valence-electron chi connectivity index (χ4n) is 4.73. The molecule has 1 amide bonds. The van der Waals surface area contributed by atoms with E-state index in [0.29, 0.717) is 17.4 Å². The first-order valence-electron chi connectivity index (χ1n) is 12.3. The van der Waals surface area contributed by atoms with Crippen LogP contribution in [0.3, 0.4) is 0 Å². The minimum absolute atomic E-state index is 0.267. The zero-order valence-corrected chi connectivity index (χ0v) is 21.1. The monoisotopic (exact) mass is 486 g/mol. The minimum Gasteiger partial charge on any atom is -0.340 e. The molecule has 0 bridgehead atoms. The van der Waals surface area contributed by atoms with E-state index in [1.807, 2.05) is 35.2 Å². The standard InChI is InChI=1S/C29H31ClN4O/c1-21(2)18-28(35)33-16-14-32(15-17-33)20-26-29(23-8-11-25(30)12-9-23)31-27-13-10-24(19-34(26)27)22-6-4-3-5-7-22/h3-13,19,21H,14-18,20H2,1-2H3. The van der Waals surface area contributed by atoms with Crippen molar-refractivity contribution in [2.45, 2.75) is 26.8 Å². The molecular weight excluding hydrogens is 456 g/mol. The molecule has 0 atom stereocenters. The van der Waals surface area contributed by atoms with Gasteiger partial charge in [-0.25, -0.2) is 4.98 Å². The minimum atomic E-state index is 0.267. The Morgan fingerprint density at radius 2 is 1.57 bits per heavy atom. The highest BCUT2D eigenvalue weighted by Crippen LogP contribution is 2.29. The van der Waals surface area contributed by atoms with Crippen LogP contribution in [-0.4, -0.2) is 51.3 Å². The van der Waals surface area contributed by atoms with Gasteiger partial charge >= 0.3 is 0 Å². The van der Waals surface area contributed by atoms with E-state index in [1.54, 1.807) is 0 Å². The van der Waals surface area contributed by atoms with Crippen LogP contribution in [0.2, 0.25) is 5.02 Å². The second kappa shape index (κ2) is 10.2. The summed E-state index contributed by atoms with van der Waals surface area (Å²) in [6.07, 6.45) is 2.81. The summed E-state index contributed by atoms with van der Waals surface area (Å²) in [5.74, 6) is 0.656. The summed E-state index contributed by atoms with van der Waals surface area (Å²) in [7, 11) is 0. The Bertz CT molecular complexity index is 1310. The van der Waals surface area contributed by atoms with Crippen LogP contribution in [-0.2, 0) is 11.3 Å². The van der Waals surface area contributed by atoms with E-state index >= 15 is 0 Å². The third kappa shape index (κ3) is 5.26. The van der Waals surface area contributed by atoms with Gasteiger partial charge in [-0.3, -0.25) is 9.69 Å². The molecule has 5 nitrogen and oxygen atoms in total. The van der Waals surface area contributed by atoms with E-state index in [9.17, 15) is 4.79 Å². The number of rotatable bonds is 6. The molecule has 0 saturated carbocycles. The van der Waals surface area contributed by atoms with Crippen molar-refractivity contribution in [1.29, 1.82) is 0 Å². The van der Waals surface area contributed by atoms with Crippen molar-refractivity contribution in [3.8, 4) is 22.4 Å². The molecule has 2 aromatic heterocycles. The number of nitrogens with zero attached hydrogens (tertiary/aromatic N) is 4. The average molecular weight is 487 g/mol. The van der Waals surface area contributed by atoms with Crippen molar-refractivity contribution in [2.24, 2.45) is 5.92 Å². The van der Waals surface area contributed by atoms with Gasteiger partial charge in [0.05, 0.1) is 11.4 Å². The summed E-state index contributed by atoms with van der Waals surface area (Å²) in [6, 6.07) is 22.5. The molecule has 0 aliphatic carbocycles. The molecule has 1 saturated heterocycles. The van der Waals surface area contributed by atoms with Crippen LogP contribution >= 0.6 is 11.6 Å². The number of benzene rings is 2.